The van der Waals surface area contributed by atoms with E-state index < -0.39 is 0 Å². The lowest BCUT2D eigenvalue weighted by Crippen LogP contribution is -2.39. The summed E-state index contributed by atoms with van der Waals surface area (Å²) >= 11 is 0. The Kier molecular flexibility index (Phi) is 1.62. The van der Waals surface area contributed by atoms with Crippen LogP contribution in [-0.2, 0) is 0 Å². The lowest BCUT2D eigenvalue weighted by atomic mass is 10.1. The van der Waals surface area contributed by atoms with Gasteiger partial charge >= 0.3 is 0 Å². The van der Waals surface area contributed by atoms with Gasteiger partial charge in [-0.25, -0.2) is 0 Å². The van der Waals surface area contributed by atoms with Crippen LogP contribution < -0.4 is 10.1 Å². The van der Waals surface area contributed by atoms with Gasteiger partial charge in [0.2, 0.25) is 0 Å². The molecule has 3 nitrogen and oxygen atoms in total. The minimum absolute atomic E-state index is 0.177. The van der Waals surface area contributed by atoms with Crippen molar-refractivity contribution in [3.05, 3.63) is 18.2 Å². The van der Waals surface area contributed by atoms with Crippen LogP contribution in [0.1, 0.15) is 13.8 Å². The number of fused-ring (bicyclic) bond motifs is 1. The number of phenolic OH excluding ortho intramolecular Hbond substituents is 1. The fourth-order valence-corrected chi connectivity index (χ4v) is 1.39. The molecule has 0 radical (unpaired) electrons. The van der Waals surface area contributed by atoms with Crippen molar-refractivity contribution >= 4 is 5.69 Å². The van der Waals surface area contributed by atoms with E-state index >= 15 is 0 Å². The molecule has 0 aromatic heterocycles. The highest BCUT2D eigenvalue weighted by Gasteiger charge is 2.25. The number of rotatable bonds is 0. The Morgan fingerprint density at radius 3 is 3.00 bits per heavy atom. The third kappa shape index (κ3) is 1.54. The molecule has 0 saturated heterocycles. The predicted octanol–water partition coefficient (Wildman–Crippen LogP) is 1.98. The van der Waals surface area contributed by atoms with Gasteiger partial charge in [-0.1, -0.05) is 0 Å². The number of hydrogen-bond donors (Lipinski definition) is 2. The summed E-state index contributed by atoms with van der Waals surface area (Å²) < 4.78 is 5.70. The van der Waals surface area contributed by atoms with Crippen molar-refractivity contribution in [3.8, 4) is 11.5 Å². The molecule has 0 spiro atoms. The van der Waals surface area contributed by atoms with Crippen molar-refractivity contribution in [2.75, 3.05) is 11.9 Å². The largest absolute Gasteiger partial charge is 0.508 e. The van der Waals surface area contributed by atoms with Gasteiger partial charge in [-0.05, 0) is 26.0 Å². The van der Waals surface area contributed by atoms with Crippen molar-refractivity contribution < 1.29 is 9.84 Å². The summed E-state index contributed by atoms with van der Waals surface area (Å²) in [5, 5.41) is 12.4. The number of aromatic hydroxyl groups is 1. The Morgan fingerprint density at radius 2 is 2.23 bits per heavy atom. The minimum atomic E-state index is -0.177. The van der Waals surface area contributed by atoms with Gasteiger partial charge in [0.25, 0.3) is 0 Å². The number of phenols is 1. The van der Waals surface area contributed by atoms with Crippen molar-refractivity contribution in [2.45, 2.75) is 19.4 Å². The average molecular weight is 179 g/mol. The van der Waals surface area contributed by atoms with Crippen molar-refractivity contribution in [2.24, 2.45) is 0 Å². The Bertz CT molecular complexity index is 334. The summed E-state index contributed by atoms with van der Waals surface area (Å²) in [7, 11) is 0. The molecule has 3 heteroatoms. The molecule has 1 aromatic carbocycles. The highest BCUT2D eigenvalue weighted by molar-refractivity contribution is 5.61. The van der Waals surface area contributed by atoms with E-state index in [0.29, 0.717) is 0 Å². The van der Waals surface area contributed by atoms with Crippen LogP contribution in [-0.4, -0.2) is 17.3 Å². The lowest BCUT2D eigenvalue weighted by Gasteiger charge is -2.33. The van der Waals surface area contributed by atoms with Gasteiger partial charge in [-0.15, -0.1) is 0 Å². The summed E-state index contributed by atoms with van der Waals surface area (Å²) in [5.41, 5.74) is 0.684. The predicted molar refractivity (Wildman–Crippen MR) is 51.3 cm³/mol. The van der Waals surface area contributed by atoms with Crippen LogP contribution in [0.4, 0.5) is 5.69 Å². The first-order chi connectivity index (χ1) is 6.07. The molecule has 1 aromatic rings. The van der Waals surface area contributed by atoms with Crippen LogP contribution in [0.5, 0.6) is 11.5 Å². The van der Waals surface area contributed by atoms with E-state index in [1.54, 1.807) is 18.2 Å². The zero-order chi connectivity index (χ0) is 9.47. The van der Waals surface area contributed by atoms with Crippen LogP contribution in [0, 0.1) is 0 Å². The normalized spacial score (nSPS) is 18.3. The van der Waals surface area contributed by atoms with Crippen molar-refractivity contribution in [1.29, 1.82) is 0 Å². The molecule has 2 N–H and O–H groups in total. The first-order valence-electron chi connectivity index (χ1n) is 4.33. The molecular weight excluding hydrogens is 166 g/mol. The summed E-state index contributed by atoms with van der Waals surface area (Å²) in [5.74, 6) is 1.06. The Hall–Kier alpha value is -1.38. The zero-order valence-electron chi connectivity index (χ0n) is 7.79. The first-order valence-corrected chi connectivity index (χ1v) is 4.33. The van der Waals surface area contributed by atoms with Gasteiger partial charge in [0.1, 0.15) is 17.1 Å². The smallest absolute Gasteiger partial charge is 0.143 e. The number of nitrogens with one attached hydrogen (secondary N) is 1. The fourth-order valence-electron chi connectivity index (χ4n) is 1.39. The second-order valence-electron chi connectivity index (χ2n) is 3.90. The second-order valence-corrected chi connectivity index (χ2v) is 3.90. The van der Waals surface area contributed by atoms with Crippen LogP contribution in [0.3, 0.4) is 0 Å². The molecule has 1 heterocycles. The molecule has 0 amide bonds. The molecular formula is C10H13NO2. The maximum Gasteiger partial charge on any atom is 0.143 e. The van der Waals surface area contributed by atoms with Crippen LogP contribution in [0.25, 0.3) is 0 Å². The fraction of sp³-hybridized carbons (Fsp3) is 0.400. The molecule has 2 rings (SSSR count). The number of benzene rings is 1. The molecule has 70 valence electrons. The van der Waals surface area contributed by atoms with Gasteiger partial charge in [0.05, 0.1) is 12.2 Å². The quantitative estimate of drug-likeness (QED) is 0.639. The summed E-state index contributed by atoms with van der Waals surface area (Å²) in [6.07, 6.45) is 0. The first kappa shape index (κ1) is 8.23. The van der Waals surface area contributed by atoms with E-state index in [4.69, 9.17) is 4.74 Å². The minimum Gasteiger partial charge on any atom is -0.508 e. The third-order valence-electron chi connectivity index (χ3n) is 2.05. The summed E-state index contributed by atoms with van der Waals surface area (Å²) in [6, 6.07) is 5.07. The van der Waals surface area contributed by atoms with E-state index in [1.807, 2.05) is 13.8 Å². The highest BCUT2D eigenvalue weighted by atomic mass is 16.5. The monoisotopic (exact) mass is 179 g/mol. The summed E-state index contributed by atoms with van der Waals surface area (Å²) in [4.78, 5) is 0. The molecule has 1 aliphatic heterocycles. The van der Waals surface area contributed by atoms with E-state index in [2.05, 4.69) is 5.32 Å². The molecule has 0 aliphatic carbocycles. The maximum atomic E-state index is 9.22. The van der Waals surface area contributed by atoms with E-state index in [0.717, 1.165) is 18.0 Å². The van der Waals surface area contributed by atoms with E-state index in [1.165, 1.54) is 0 Å². The zero-order valence-corrected chi connectivity index (χ0v) is 7.79. The van der Waals surface area contributed by atoms with Gasteiger partial charge < -0.3 is 15.2 Å². The maximum absolute atomic E-state index is 9.22. The van der Waals surface area contributed by atoms with Gasteiger partial charge in [-0.2, -0.15) is 0 Å². The Morgan fingerprint density at radius 1 is 1.46 bits per heavy atom. The lowest BCUT2D eigenvalue weighted by molar-refractivity contribution is 0.116. The number of ether oxygens (including phenoxy) is 1. The van der Waals surface area contributed by atoms with Crippen LogP contribution in [0.15, 0.2) is 18.2 Å². The highest BCUT2D eigenvalue weighted by Crippen LogP contribution is 2.34. The Labute approximate surface area is 77.3 Å². The van der Waals surface area contributed by atoms with E-state index in [-0.39, 0.29) is 11.4 Å². The molecule has 0 fully saturated rings. The molecule has 0 unspecified atom stereocenters. The third-order valence-corrected chi connectivity index (χ3v) is 2.05. The van der Waals surface area contributed by atoms with Gasteiger partial charge in [0, 0.05) is 6.07 Å². The van der Waals surface area contributed by atoms with Crippen LogP contribution >= 0.6 is 0 Å². The number of hydrogen-bond acceptors (Lipinski definition) is 3. The molecule has 0 atom stereocenters. The second kappa shape index (κ2) is 2.55. The van der Waals surface area contributed by atoms with Crippen molar-refractivity contribution in [3.63, 3.8) is 0 Å². The standard InChI is InChI=1S/C10H13NO2/c1-10(2)6-11-8-5-7(12)3-4-9(8)13-10/h3-5,11-12H,6H2,1-2H3. The summed E-state index contributed by atoms with van der Waals surface area (Å²) in [6.45, 7) is 4.80. The molecule has 13 heavy (non-hydrogen) atoms. The van der Waals surface area contributed by atoms with Gasteiger partial charge in [0.15, 0.2) is 0 Å². The van der Waals surface area contributed by atoms with Crippen LogP contribution in [0.2, 0.25) is 0 Å². The number of anilines is 1. The average Bonchev–Trinajstić information content (AvgIpc) is 2.05. The molecule has 1 aliphatic rings. The Balaban J connectivity index is 2.37. The van der Waals surface area contributed by atoms with Crippen molar-refractivity contribution in [1.82, 2.24) is 0 Å². The van der Waals surface area contributed by atoms with Gasteiger partial charge in [-0.3, -0.25) is 0 Å². The molecule has 0 saturated carbocycles. The topological polar surface area (TPSA) is 41.5 Å². The van der Waals surface area contributed by atoms with E-state index in [9.17, 15) is 5.11 Å². The SMILES string of the molecule is CC1(C)CNc2cc(O)ccc2O1. The molecule has 0 bridgehead atoms.